The fourth-order valence-electron chi connectivity index (χ4n) is 13.2. The summed E-state index contributed by atoms with van der Waals surface area (Å²) >= 11 is 43.4. The van der Waals surface area contributed by atoms with Crippen molar-refractivity contribution >= 4 is 161 Å². The minimum Gasteiger partial charge on any atom is -0.478 e. The van der Waals surface area contributed by atoms with Crippen LogP contribution in [0.3, 0.4) is 0 Å². The summed E-state index contributed by atoms with van der Waals surface area (Å²) in [5.41, 5.74) is 17.7. The number of methoxy groups -OCH3 is 3. The van der Waals surface area contributed by atoms with Gasteiger partial charge in [0.25, 0.3) is 0 Å². The Morgan fingerprint density at radius 3 is 1.37 bits per heavy atom. The molecule has 9 aromatic rings. The van der Waals surface area contributed by atoms with Crippen LogP contribution in [-0.4, -0.2) is 228 Å². The quantitative estimate of drug-likeness (QED) is 0.0167. The highest BCUT2D eigenvalue weighted by atomic mass is 35.5. The van der Waals surface area contributed by atoms with E-state index in [0.29, 0.717) is 87.0 Å². The number of nitrogens with zero attached hydrogens (tertiary/aromatic N) is 9. The first-order chi connectivity index (χ1) is 60.6. The molecule has 14 rings (SSSR count). The number of carboxylic acids is 1. The maximum Gasteiger partial charge on any atom is 0.330 e. The van der Waals surface area contributed by atoms with Gasteiger partial charge in [-0.05, 0) is 205 Å². The number of piperazine rings is 1. The molecule has 0 radical (unpaired) electrons. The molecule has 6 aromatic carbocycles. The van der Waals surface area contributed by atoms with Crippen LogP contribution in [0.25, 0.3) is 66.1 Å². The third kappa shape index (κ3) is 37.6. The average Bonchev–Trinajstić information content (AvgIpc) is 0.828. The highest BCUT2D eigenvalue weighted by molar-refractivity contribution is 6.37. The van der Waals surface area contributed by atoms with Crippen molar-refractivity contribution < 1.29 is 73.2 Å². The third-order valence-electron chi connectivity index (χ3n) is 19.5. The number of halogens is 7. The van der Waals surface area contributed by atoms with Gasteiger partial charge in [0, 0.05) is 164 Å². The minimum atomic E-state index is -0.981. The predicted octanol–water partition coefficient (Wildman–Crippen LogP) is 15.3. The molecular formula is C91H114Cl7N13O15. The van der Waals surface area contributed by atoms with Crippen molar-refractivity contribution in [2.45, 2.75) is 103 Å². The van der Waals surface area contributed by atoms with E-state index in [1.54, 1.807) is 31.1 Å². The smallest absolute Gasteiger partial charge is 0.330 e. The fraction of sp³-hybridized carbons (Fsp3) is 0.407. The average molecular weight is 1880 g/mol. The molecule has 5 fully saturated rings. The zero-order chi connectivity index (χ0) is 92.5. The number of nitrogens with two attached hydrogens (primary N) is 2. The minimum absolute atomic E-state index is 0.000272. The van der Waals surface area contributed by atoms with Crippen LogP contribution in [0.15, 0.2) is 166 Å². The maximum atomic E-state index is 12.2. The third-order valence-corrected chi connectivity index (χ3v) is 21.5. The molecule has 28 nitrogen and oxygen atoms in total. The lowest BCUT2D eigenvalue weighted by Gasteiger charge is -2.41. The fourth-order valence-corrected chi connectivity index (χ4v) is 14.6. The van der Waals surface area contributed by atoms with Gasteiger partial charge >= 0.3 is 23.9 Å². The predicted molar refractivity (Wildman–Crippen MR) is 502 cm³/mol. The Balaban J connectivity index is 0.000000269. The number of benzene rings is 6. The van der Waals surface area contributed by atoms with E-state index >= 15 is 0 Å². The van der Waals surface area contributed by atoms with E-state index in [9.17, 15) is 39.0 Å². The number of fused-ring (bicyclic) bond motifs is 3. The van der Waals surface area contributed by atoms with Gasteiger partial charge in [0.1, 0.15) is 35.8 Å². The summed E-state index contributed by atoms with van der Waals surface area (Å²) in [6, 6.07) is 34.0. The van der Waals surface area contributed by atoms with Crippen molar-refractivity contribution in [3.63, 3.8) is 0 Å². The molecule has 0 aliphatic carbocycles. The number of aliphatic hydroxyl groups is 4. The molecular weight excluding hydrogens is 1760 g/mol. The Morgan fingerprint density at radius 1 is 0.548 bits per heavy atom. The van der Waals surface area contributed by atoms with Gasteiger partial charge in [-0.15, -0.1) is 0 Å². The van der Waals surface area contributed by atoms with Gasteiger partial charge in [-0.3, -0.25) is 14.4 Å². The number of aromatic nitrogens is 6. The molecule has 3 aromatic heterocycles. The maximum absolute atomic E-state index is 12.2. The number of aliphatic hydroxyl groups excluding tert-OH is 4. The molecule has 8 heterocycles. The Hall–Kier alpha value is -9.31. The van der Waals surface area contributed by atoms with Crippen molar-refractivity contribution in [1.29, 1.82) is 0 Å². The number of hydrogen-bond donors (Lipinski definition) is 9. The lowest BCUT2D eigenvalue weighted by Crippen LogP contribution is -2.55. The van der Waals surface area contributed by atoms with Crippen LogP contribution in [0.2, 0.25) is 35.3 Å². The molecule has 11 N–H and O–H groups in total. The van der Waals surface area contributed by atoms with Crippen LogP contribution >= 0.6 is 81.2 Å². The first-order valence-corrected chi connectivity index (χ1v) is 43.7. The number of amides is 2. The van der Waals surface area contributed by atoms with E-state index in [-0.39, 0.29) is 55.5 Å². The molecule has 4 atom stereocenters. The topological polar surface area (TPSA) is 404 Å². The van der Waals surface area contributed by atoms with Crippen LogP contribution in [-0.2, 0) is 47.7 Å². The zero-order valence-corrected chi connectivity index (χ0v) is 76.8. The standard InChI is InChI=1S/C23H22Cl2N4O2.C21H21Cl2N3O.C14H7Cl3N2.C8H13NO3.C7H15NO.C6H8O4.C4H8O.C3H4O2.C3H8O.C2H8N2/c1-2-22(31)29-9-8-28(13-17(29)7-10-30)23-19-11-18(15-3-5-16(24)6-4-15)20(25)12-21(19)26-14-27-23;22-16-5-3-15(4-6-16)17-10-18-20(11-19(17)23)24-13-25-21(18)26-8-1-2-14(12-26)7-9-27;15-9-3-1-8(2-4-9)10-5-11-13(6-12(10)16)18-7-19-14(11)17;1-12-7(10)5-6-3-2-4-9-8(6)11;9-5-3-7-2-1-4-8-6-7;1-9-5(7)3-4-6(8)10-2;1-2-4-5-3-1;1-2-3(4)5;1-3(2)4;3-1-2-4/h2-6,11-12,14,17,30H,1,7-10,13H2;3-6,10-11,13-14,27H,1-2,7-9,12H2;1-7H;6H,2-5H2,1H3,(H,9,11);7-9H,1-6H2;3-4H,1-2H3;1-4H2;2H,1H2,(H,4,5);3-4H,1-2H3;1-4H2/b;;;;;4-3-;;;;. The van der Waals surface area contributed by atoms with Crippen LogP contribution in [0.1, 0.15) is 90.9 Å². The number of rotatable bonds is 18. The number of anilines is 2. The summed E-state index contributed by atoms with van der Waals surface area (Å²) in [6.07, 6.45) is 20.2. The van der Waals surface area contributed by atoms with Gasteiger partial charge in [0.2, 0.25) is 11.8 Å². The highest BCUT2D eigenvalue weighted by Gasteiger charge is 2.31. The van der Waals surface area contributed by atoms with Gasteiger partial charge in [0.05, 0.1) is 65.4 Å². The first-order valence-electron chi connectivity index (χ1n) is 41.0. The summed E-state index contributed by atoms with van der Waals surface area (Å²) in [6.45, 7) is 20.4. The number of esters is 3. The number of nitrogens with one attached hydrogen (secondary N) is 2. The van der Waals surface area contributed by atoms with Crippen molar-refractivity contribution in [1.82, 2.24) is 45.4 Å². The normalized spacial score (nSPS) is 16.2. The molecule has 35 heteroatoms. The van der Waals surface area contributed by atoms with E-state index in [4.69, 9.17) is 113 Å². The van der Waals surface area contributed by atoms with Crippen LogP contribution in [0.5, 0.6) is 0 Å². The Bertz CT molecular complexity index is 4870. The van der Waals surface area contributed by atoms with Crippen LogP contribution < -0.4 is 31.9 Å². The molecule has 5 aliphatic heterocycles. The molecule has 0 saturated carbocycles. The number of carbonyl (C=O) groups is 6. The molecule has 0 bridgehead atoms. The summed E-state index contributed by atoms with van der Waals surface area (Å²) in [4.78, 5) is 96.4. The zero-order valence-electron chi connectivity index (χ0n) is 71.5. The van der Waals surface area contributed by atoms with Crippen molar-refractivity contribution in [2.24, 2.45) is 29.2 Å². The van der Waals surface area contributed by atoms with Gasteiger partial charge in [-0.2, -0.15) is 0 Å². The van der Waals surface area contributed by atoms with Crippen molar-refractivity contribution in [3.8, 4) is 33.4 Å². The molecule has 0 spiro atoms. The lowest BCUT2D eigenvalue weighted by atomic mass is 9.95. The largest absolute Gasteiger partial charge is 0.478 e. The number of carboxylic acid groups (broad SMARTS) is 1. The van der Waals surface area contributed by atoms with E-state index < -0.39 is 17.9 Å². The van der Waals surface area contributed by atoms with Gasteiger partial charge < -0.3 is 81.3 Å². The number of ether oxygens (including phenoxy) is 4. The first kappa shape index (κ1) is 107. The van der Waals surface area contributed by atoms with Crippen molar-refractivity contribution in [3.05, 3.63) is 201 Å². The second-order valence-corrected chi connectivity index (χ2v) is 31.9. The van der Waals surface area contributed by atoms with E-state index in [0.717, 1.165) is 180 Å². The van der Waals surface area contributed by atoms with Crippen LogP contribution in [0, 0.1) is 17.8 Å². The second kappa shape index (κ2) is 59.7. The van der Waals surface area contributed by atoms with Crippen molar-refractivity contribution in [2.75, 3.05) is 130 Å². The second-order valence-electron chi connectivity index (χ2n) is 29.0. The summed E-state index contributed by atoms with van der Waals surface area (Å²) in [5.74, 6) is 0.193. The van der Waals surface area contributed by atoms with E-state index in [1.165, 1.54) is 72.3 Å². The summed E-state index contributed by atoms with van der Waals surface area (Å²) in [7, 11) is 3.79. The summed E-state index contributed by atoms with van der Waals surface area (Å²) < 4.78 is 17.8. The number of carbonyl (C=O) groups excluding carboxylic acids is 5. The molecule has 5 aliphatic rings. The van der Waals surface area contributed by atoms with Gasteiger partial charge in [-0.25, -0.2) is 44.3 Å². The SMILES string of the molecule is C1CCOC1.C=CC(=O)N1CCN(c2ncnc3cc(Cl)c(-c4ccc(Cl)cc4)cc23)CC1CCO.C=CC(=O)O.CC(C)O.COC(=O)/C=C\C(=O)OC.COC(=O)CC1CCCNC1=O.Clc1ccc(-c2cc3c(Cl)ncnc3cc2Cl)cc1.NCCN.OCCC1CCCN(c2ncnc3cc(Cl)c(-c4ccc(Cl)cc4)cc23)C1.OCCC1CCCNC1. The van der Waals surface area contributed by atoms with Gasteiger partial charge in [-0.1, -0.05) is 131 Å². The Morgan fingerprint density at radius 2 is 0.976 bits per heavy atom. The molecule has 682 valence electrons. The molecule has 5 saturated heterocycles. The highest BCUT2D eigenvalue weighted by Crippen LogP contribution is 2.40. The Kier molecular flexibility index (Phi) is 50.8. The van der Waals surface area contributed by atoms with E-state index in [2.05, 4.69) is 83.8 Å². The molecule has 2 amide bonds. The number of hydrogen-bond acceptors (Lipinski definition) is 25. The molecule has 4 unspecified atom stereocenters. The molecule has 126 heavy (non-hydrogen) atoms. The number of aliphatic carboxylic acids is 1. The Labute approximate surface area is 770 Å². The number of piperidine rings is 3. The van der Waals surface area contributed by atoms with Crippen LogP contribution in [0.4, 0.5) is 11.6 Å². The summed E-state index contributed by atoms with van der Waals surface area (Å²) in [5, 5.41) is 56.0. The van der Waals surface area contributed by atoms with Gasteiger partial charge in [0.15, 0.2) is 0 Å². The van der Waals surface area contributed by atoms with E-state index in [1.807, 2.05) is 97.1 Å². The lowest BCUT2D eigenvalue weighted by molar-refractivity contribution is -0.144. The monoisotopic (exact) mass is 1870 g/mol.